The number of carbonyl (C=O) groups is 1. The van der Waals surface area contributed by atoms with E-state index in [0.29, 0.717) is 25.4 Å². The Morgan fingerprint density at radius 1 is 1.05 bits per heavy atom. The van der Waals surface area contributed by atoms with Crippen molar-refractivity contribution in [2.45, 2.75) is 84.2 Å². The van der Waals surface area contributed by atoms with Gasteiger partial charge >= 0.3 is 5.97 Å². The van der Waals surface area contributed by atoms with Crippen LogP contribution in [0.5, 0.6) is 0 Å². The monoisotopic (exact) mass is 554 g/mol. The van der Waals surface area contributed by atoms with Crippen LogP contribution in [0.2, 0.25) is 0 Å². The lowest BCUT2D eigenvalue weighted by atomic mass is 9.75. The standard InChI is InChI=1S/C32H38N6O3/c1-3-10-27-26(21-22-14-16-23(17-15-22)24-11-5-6-12-25(24)29-33-35-36-34-29)30(39)37-20-9-13-28(38(27)37)32(18-7-8-19-32)31(40)41-4-2/h5-6,11-12,14-17,28H,3-4,7-10,13,18-21H2,1-2H3,(H,33,34,35,36). The molecule has 9 nitrogen and oxygen atoms in total. The second-order valence-electron chi connectivity index (χ2n) is 11.3. The number of tetrazole rings is 1. The van der Waals surface area contributed by atoms with Crippen LogP contribution in [-0.4, -0.2) is 42.6 Å². The van der Waals surface area contributed by atoms with Gasteiger partial charge in [0.1, 0.15) is 0 Å². The van der Waals surface area contributed by atoms with Crippen LogP contribution in [-0.2, 0) is 28.9 Å². The van der Waals surface area contributed by atoms with E-state index in [2.05, 4.69) is 62.6 Å². The van der Waals surface area contributed by atoms with Gasteiger partial charge in [0.05, 0.1) is 18.1 Å². The zero-order valence-corrected chi connectivity index (χ0v) is 23.9. The minimum absolute atomic E-state index is 0.0372. The molecule has 1 fully saturated rings. The van der Waals surface area contributed by atoms with E-state index in [-0.39, 0.29) is 17.6 Å². The molecule has 3 heterocycles. The molecule has 2 aromatic carbocycles. The number of H-pyrrole nitrogens is 1. The fraction of sp³-hybridized carbons (Fsp3) is 0.469. The third-order valence-electron chi connectivity index (χ3n) is 8.98. The third kappa shape index (κ3) is 4.81. The van der Waals surface area contributed by atoms with Crippen LogP contribution in [0, 0.1) is 5.41 Å². The van der Waals surface area contributed by atoms with Crippen LogP contribution >= 0.6 is 0 Å². The Labute approximate surface area is 239 Å². The molecule has 0 spiro atoms. The Balaban J connectivity index is 1.36. The molecule has 6 rings (SSSR count). The number of nitrogens with one attached hydrogen (secondary N) is 1. The molecule has 0 amide bonds. The average Bonchev–Trinajstić information content (AvgIpc) is 3.77. The summed E-state index contributed by atoms with van der Waals surface area (Å²) in [6.45, 7) is 5.11. The Bertz CT molecular complexity index is 1560. The number of aromatic amines is 1. The number of esters is 1. The van der Waals surface area contributed by atoms with E-state index >= 15 is 0 Å². The van der Waals surface area contributed by atoms with Crippen molar-refractivity contribution < 1.29 is 9.53 Å². The second-order valence-corrected chi connectivity index (χ2v) is 11.3. The molecule has 41 heavy (non-hydrogen) atoms. The van der Waals surface area contributed by atoms with E-state index in [1.54, 1.807) is 0 Å². The number of fused-ring (bicyclic) bond motifs is 1. The van der Waals surface area contributed by atoms with Crippen LogP contribution in [0.1, 0.15) is 81.7 Å². The van der Waals surface area contributed by atoms with Gasteiger partial charge in [0.15, 0.2) is 0 Å². The summed E-state index contributed by atoms with van der Waals surface area (Å²) >= 11 is 0. The van der Waals surface area contributed by atoms with Gasteiger partial charge in [-0.15, -0.1) is 10.2 Å². The average molecular weight is 555 g/mol. The molecule has 9 heteroatoms. The lowest BCUT2D eigenvalue weighted by Crippen LogP contribution is -2.44. The molecule has 2 aromatic heterocycles. The van der Waals surface area contributed by atoms with Gasteiger partial charge in [0.2, 0.25) is 5.82 Å². The van der Waals surface area contributed by atoms with E-state index in [0.717, 1.165) is 84.9 Å². The van der Waals surface area contributed by atoms with E-state index < -0.39 is 5.41 Å². The molecular weight excluding hydrogens is 516 g/mol. The molecule has 4 aromatic rings. The van der Waals surface area contributed by atoms with Gasteiger partial charge in [0.25, 0.3) is 5.56 Å². The molecule has 1 saturated carbocycles. The number of benzene rings is 2. The summed E-state index contributed by atoms with van der Waals surface area (Å²) < 4.78 is 9.83. The van der Waals surface area contributed by atoms with Crippen LogP contribution < -0.4 is 5.56 Å². The van der Waals surface area contributed by atoms with Gasteiger partial charge in [-0.3, -0.25) is 14.3 Å². The van der Waals surface area contributed by atoms with Gasteiger partial charge < -0.3 is 4.74 Å². The van der Waals surface area contributed by atoms with Crippen molar-refractivity contribution in [3.05, 3.63) is 75.7 Å². The summed E-state index contributed by atoms with van der Waals surface area (Å²) in [4.78, 5) is 27.4. The Hall–Kier alpha value is -4.01. The first-order chi connectivity index (χ1) is 20.1. The van der Waals surface area contributed by atoms with Crippen LogP contribution in [0.4, 0.5) is 0 Å². The lowest BCUT2D eigenvalue weighted by Gasteiger charge is -2.40. The third-order valence-corrected chi connectivity index (χ3v) is 8.98. The van der Waals surface area contributed by atoms with Crippen LogP contribution in [0.15, 0.2) is 53.3 Å². The highest BCUT2D eigenvalue weighted by Crippen LogP contribution is 2.51. The van der Waals surface area contributed by atoms with Crippen LogP contribution in [0.3, 0.4) is 0 Å². The first-order valence-electron chi connectivity index (χ1n) is 15.0. The maximum Gasteiger partial charge on any atom is 0.314 e. The van der Waals surface area contributed by atoms with Gasteiger partial charge in [-0.1, -0.05) is 74.7 Å². The highest BCUT2D eigenvalue weighted by atomic mass is 16.5. The number of hydrogen-bond donors (Lipinski definition) is 1. The SMILES string of the molecule is CCCc1c(Cc2ccc(-c3ccccc3-c3nn[nH]n3)cc2)c(=O)n2n1C(C1(C(=O)OCC)CCCC1)CCC2. The van der Waals surface area contributed by atoms with Crippen LogP contribution in [0.25, 0.3) is 22.5 Å². The van der Waals surface area contributed by atoms with E-state index in [1.165, 1.54) is 0 Å². The lowest BCUT2D eigenvalue weighted by molar-refractivity contribution is -0.159. The Morgan fingerprint density at radius 2 is 1.80 bits per heavy atom. The van der Waals surface area contributed by atoms with Gasteiger partial charge in [-0.2, -0.15) is 5.21 Å². The highest BCUT2D eigenvalue weighted by molar-refractivity contribution is 5.80. The van der Waals surface area contributed by atoms with Gasteiger partial charge in [-0.25, -0.2) is 4.68 Å². The maximum absolute atomic E-state index is 13.9. The quantitative estimate of drug-likeness (QED) is 0.274. The maximum atomic E-state index is 13.9. The number of carbonyl (C=O) groups excluding carboxylic acids is 1. The molecular formula is C32H38N6O3. The molecule has 0 bridgehead atoms. The predicted octanol–water partition coefficient (Wildman–Crippen LogP) is 5.50. The van der Waals surface area contributed by atoms with Gasteiger partial charge in [-0.05, 0) is 60.9 Å². The topological polar surface area (TPSA) is 108 Å². The largest absolute Gasteiger partial charge is 0.466 e. The summed E-state index contributed by atoms with van der Waals surface area (Å²) in [6.07, 6.45) is 7.81. The Morgan fingerprint density at radius 3 is 2.49 bits per heavy atom. The normalized spacial score (nSPS) is 17.9. The molecule has 1 N–H and O–H groups in total. The highest BCUT2D eigenvalue weighted by Gasteiger charge is 2.51. The number of aromatic nitrogens is 6. The van der Waals surface area contributed by atoms with Crippen molar-refractivity contribution in [3.63, 3.8) is 0 Å². The molecule has 214 valence electrons. The molecule has 2 aliphatic rings. The minimum atomic E-state index is -0.545. The summed E-state index contributed by atoms with van der Waals surface area (Å²) in [7, 11) is 0. The summed E-state index contributed by atoms with van der Waals surface area (Å²) in [5.41, 5.74) is 5.55. The summed E-state index contributed by atoms with van der Waals surface area (Å²) in [6, 6.07) is 16.4. The van der Waals surface area contributed by atoms with E-state index in [4.69, 9.17) is 4.74 Å². The van der Waals surface area contributed by atoms with Crippen molar-refractivity contribution in [1.82, 2.24) is 30.0 Å². The predicted molar refractivity (Wildman–Crippen MR) is 156 cm³/mol. The fourth-order valence-corrected chi connectivity index (χ4v) is 7.14. The molecule has 1 aliphatic heterocycles. The number of ether oxygens (including phenoxy) is 1. The van der Waals surface area contributed by atoms with E-state index in [9.17, 15) is 9.59 Å². The van der Waals surface area contributed by atoms with Crippen molar-refractivity contribution in [1.29, 1.82) is 0 Å². The molecule has 0 saturated heterocycles. The zero-order valence-electron chi connectivity index (χ0n) is 23.9. The number of nitrogens with zero attached hydrogens (tertiary/aromatic N) is 5. The fourth-order valence-electron chi connectivity index (χ4n) is 7.14. The number of hydrogen-bond acceptors (Lipinski definition) is 6. The smallest absolute Gasteiger partial charge is 0.314 e. The second kappa shape index (κ2) is 11.5. The summed E-state index contributed by atoms with van der Waals surface area (Å²) in [5.74, 6) is 0.469. The first kappa shape index (κ1) is 27.2. The molecule has 1 aliphatic carbocycles. The van der Waals surface area contributed by atoms with Crippen molar-refractivity contribution >= 4 is 5.97 Å². The summed E-state index contributed by atoms with van der Waals surface area (Å²) in [5, 5.41) is 14.6. The van der Waals surface area contributed by atoms with Crippen molar-refractivity contribution in [2.75, 3.05) is 6.61 Å². The molecule has 1 unspecified atom stereocenters. The molecule has 0 radical (unpaired) electrons. The zero-order chi connectivity index (χ0) is 28.4. The van der Waals surface area contributed by atoms with Gasteiger partial charge in [0, 0.05) is 29.8 Å². The van der Waals surface area contributed by atoms with Crippen molar-refractivity contribution in [3.8, 4) is 22.5 Å². The van der Waals surface area contributed by atoms with Crippen molar-refractivity contribution in [2.24, 2.45) is 5.41 Å². The number of rotatable bonds is 9. The van der Waals surface area contributed by atoms with E-state index in [1.807, 2.05) is 29.8 Å². The first-order valence-corrected chi connectivity index (χ1v) is 15.0. The minimum Gasteiger partial charge on any atom is -0.466 e. The Kier molecular flexibility index (Phi) is 7.60. The molecule has 1 atom stereocenters.